The monoisotopic (exact) mass is 357 g/mol. The van der Waals surface area contributed by atoms with Crippen LogP contribution in [0.1, 0.15) is 5.89 Å². The Balaban J connectivity index is 1.46. The van der Waals surface area contributed by atoms with Gasteiger partial charge in [0, 0.05) is 23.4 Å². The predicted molar refractivity (Wildman–Crippen MR) is 94.5 cm³/mol. The van der Waals surface area contributed by atoms with Crippen LogP contribution in [0.4, 0.5) is 5.69 Å². The van der Waals surface area contributed by atoms with Gasteiger partial charge in [-0.05, 0) is 24.3 Å². The highest BCUT2D eigenvalue weighted by atomic mass is 32.2. The summed E-state index contributed by atoms with van der Waals surface area (Å²) in [5.74, 6) is 3.09. The lowest BCUT2D eigenvalue weighted by atomic mass is 10.2. The van der Waals surface area contributed by atoms with Crippen LogP contribution in [0, 0.1) is 10.1 Å². The quantitative estimate of drug-likeness (QED) is 0.342. The van der Waals surface area contributed by atoms with Gasteiger partial charge in [-0.1, -0.05) is 18.2 Å². The number of hydrogen-bond acceptors (Lipinski definition) is 7. The molecule has 1 aromatic heterocycles. The maximum absolute atomic E-state index is 10.7. The summed E-state index contributed by atoms with van der Waals surface area (Å²) < 4.78 is 11.2. The van der Waals surface area contributed by atoms with Gasteiger partial charge in [0.1, 0.15) is 5.75 Å². The highest BCUT2D eigenvalue weighted by molar-refractivity contribution is 7.98. The van der Waals surface area contributed by atoms with E-state index in [1.165, 1.54) is 12.1 Å². The van der Waals surface area contributed by atoms with Gasteiger partial charge in [0.15, 0.2) is 0 Å². The molecule has 0 saturated carbocycles. The zero-order chi connectivity index (χ0) is 17.5. The summed E-state index contributed by atoms with van der Waals surface area (Å²) in [5.41, 5.74) is 0.680. The van der Waals surface area contributed by atoms with Crippen LogP contribution in [0.5, 0.6) is 5.75 Å². The van der Waals surface area contributed by atoms with Crippen molar-refractivity contribution < 1.29 is 14.1 Å². The van der Waals surface area contributed by atoms with Crippen molar-refractivity contribution in [3.8, 4) is 17.2 Å². The average molecular weight is 357 g/mol. The molecule has 0 N–H and O–H groups in total. The van der Waals surface area contributed by atoms with Gasteiger partial charge in [0.05, 0.1) is 17.3 Å². The van der Waals surface area contributed by atoms with E-state index in [0.717, 1.165) is 11.5 Å². The van der Waals surface area contributed by atoms with Crippen LogP contribution < -0.4 is 4.74 Å². The zero-order valence-electron chi connectivity index (χ0n) is 13.2. The fraction of sp³-hybridized carbons (Fsp3) is 0.176. The van der Waals surface area contributed by atoms with Crippen molar-refractivity contribution in [3.05, 3.63) is 70.6 Å². The highest BCUT2D eigenvalue weighted by Crippen LogP contribution is 2.22. The minimum Gasteiger partial charge on any atom is -0.493 e. The summed E-state index contributed by atoms with van der Waals surface area (Å²) >= 11 is 1.63. The van der Waals surface area contributed by atoms with Crippen LogP contribution in [0.15, 0.2) is 59.0 Å². The molecule has 0 atom stereocenters. The second kappa shape index (κ2) is 8.29. The van der Waals surface area contributed by atoms with E-state index < -0.39 is 4.92 Å². The molecule has 0 fully saturated rings. The third-order valence-electron chi connectivity index (χ3n) is 3.26. The number of non-ortho nitro benzene ring substituents is 1. The van der Waals surface area contributed by atoms with Crippen LogP contribution in [0.3, 0.4) is 0 Å². The molecule has 8 heteroatoms. The topological polar surface area (TPSA) is 91.3 Å². The van der Waals surface area contributed by atoms with Crippen LogP contribution in [-0.2, 0) is 5.75 Å². The Hall–Kier alpha value is -2.87. The fourth-order valence-electron chi connectivity index (χ4n) is 2.05. The van der Waals surface area contributed by atoms with E-state index in [1.807, 2.05) is 30.3 Å². The SMILES string of the molecule is O=[N+]([O-])c1ccc(-c2nnc(CSCCOc3ccccc3)o2)cc1. The molecule has 0 amide bonds. The molecule has 0 saturated heterocycles. The molecule has 0 aliphatic heterocycles. The minimum atomic E-state index is -0.447. The van der Waals surface area contributed by atoms with Crippen molar-refractivity contribution >= 4 is 17.4 Å². The van der Waals surface area contributed by atoms with Crippen LogP contribution >= 0.6 is 11.8 Å². The lowest BCUT2D eigenvalue weighted by molar-refractivity contribution is -0.384. The zero-order valence-corrected chi connectivity index (χ0v) is 14.0. The smallest absolute Gasteiger partial charge is 0.269 e. The summed E-state index contributed by atoms with van der Waals surface area (Å²) in [6, 6.07) is 15.6. The Morgan fingerprint density at radius 3 is 2.56 bits per heavy atom. The maximum Gasteiger partial charge on any atom is 0.269 e. The summed E-state index contributed by atoms with van der Waals surface area (Å²) in [7, 11) is 0. The van der Waals surface area contributed by atoms with Crippen LogP contribution in [-0.4, -0.2) is 27.5 Å². The molecule has 0 bridgehead atoms. The summed E-state index contributed by atoms with van der Waals surface area (Å²) in [6.07, 6.45) is 0. The Kier molecular flexibility index (Phi) is 5.63. The van der Waals surface area contributed by atoms with Crippen LogP contribution in [0.2, 0.25) is 0 Å². The second-order valence-corrected chi connectivity index (χ2v) is 6.12. The molecule has 0 radical (unpaired) electrons. The van der Waals surface area contributed by atoms with Gasteiger partial charge in [-0.3, -0.25) is 10.1 Å². The molecule has 0 spiro atoms. The first-order valence-electron chi connectivity index (χ1n) is 7.55. The summed E-state index contributed by atoms with van der Waals surface area (Å²) in [6.45, 7) is 0.595. The van der Waals surface area contributed by atoms with Crippen molar-refractivity contribution in [3.63, 3.8) is 0 Å². The number of para-hydroxylation sites is 1. The molecule has 25 heavy (non-hydrogen) atoms. The van der Waals surface area contributed by atoms with Crippen molar-refractivity contribution in [1.29, 1.82) is 0 Å². The van der Waals surface area contributed by atoms with Gasteiger partial charge < -0.3 is 9.15 Å². The van der Waals surface area contributed by atoms with E-state index in [-0.39, 0.29) is 5.69 Å². The van der Waals surface area contributed by atoms with Gasteiger partial charge in [-0.25, -0.2) is 0 Å². The molecular formula is C17H15N3O4S. The largest absolute Gasteiger partial charge is 0.493 e. The normalized spacial score (nSPS) is 10.6. The van der Waals surface area contributed by atoms with E-state index in [9.17, 15) is 10.1 Å². The third kappa shape index (κ3) is 4.80. The van der Waals surface area contributed by atoms with E-state index in [0.29, 0.717) is 29.7 Å². The number of thioether (sulfide) groups is 1. The Bertz CT molecular complexity index is 821. The molecule has 7 nitrogen and oxygen atoms in total. The van der Waals surface area contributed by atoms with Gasteiger partial charge >= 0.3 is 0 Å². The van der Waals surface area contributed by atoms with Crippen molar-refractivity contribution in [2.75, 3.05) is 12.4 Å². The van der Waals surface area contributed by atoms with Gasteiger partial charge in [-0.15, -0.1) is 22.0 Å². The second-order valence-electron chi connectivity index (χ2n) is 5.02. The lowest BCUT2D eigenvalue weighted by Crippen LogP contribution is -2.00. The van der Waals surface area contributed by atoms with Gasteiger partial charge in [-0.2, -0.15) is 0 Å². The highest BCUT2D eigenvalue weighted by Gasteiger charge is 2.11. The molecule has 0 aliphatic carbocycles. The van der Waals surface area contributed by atoms with E-state index in [4.69, 9.17) is 9.15 Å². The van der Waals surface area contributed by atoms with Gasteiger partial charge in [0.2, 0.25) is 11.8 Å². The minimum absolute atomic E-state index is 0.0254. The summed E-state index contributed by atoms with van der Waals surface area (Å²) in [4.78, 5) is 10.2. The number of nitro groups is 1. The summed E-state index contributed by atoms with van der Waals surface area (Å²) in [5, 5.41) is 18.6. The standard InChI is InChI=1S/C17H15N3O4S/c21-20(22)14-8-6-13(7-9-14)17-19-18-16(24-17)12-25-11-10-23-15-4-2-1-3-5-15/h1-9H,10-12H2. The van der Waals surface area contributed by atoms with Crippen molar-refractivity contribution in [2.24, 2.45) is 0 Å². The van der Waals surface area contributed by atoms with E-state index in [1.54, 1.807) is 23.9 Å². The average Bonchev–Trinajstić information content (AvgIpc) is 3.11. The van der Waals surface area contributed by atoms with Crippen molar-refractivity contribution in [1.82, 2.24) is 10.2 Å². The fourth-order valence-corrected chi connectivity index (χ4v) is 2.69. The molecule has 3 aromatic rings. The third-order valence-corrected chi connectivity index (χ3v) is 4.16. The molecule has 1 heterocycles. The number of aromatic nitrogens is 2. The molecule has 0 aliphatic rings. The molecule has 0 unspecified atom stereocenters. The predicted octanol–water partition coefficient (Wildman–Crippen LogP) is 3.96. The number of hydrogen-bond donors (Lipinski definition) is 0. The van der Waals surface area contributed by atoms with E-state index >= 15 is 0 Å². The first-order valence-corrected chi connectivity index (χ1v) is 8.70. The number of benzene rings is 2. The molecule has 3 rings (SSSR count). The van der Waals surface area contributed by atoms with Gasteiger partial charge in [0.25, 0.3) is 5.69 Å². The van der Waals surface area contributed by atoms with Crippen LogP contribution in [0.25, 0.3) is 11.5 Å². The molecule has 2 aromatic carbocycles. The van der Waals surface area contributed by atoms with E-state index in [2.05, 4.69) is 10.2 Å². The number of nitro benzene ring substituents is 1. The molecule has 128 valence electrons. The number of ether oxygens (including phenoxy) is 1. The Labute approximate surface area is 148 Å². The Morgan fingerprint density at radius 1 is 1.08 bits per heavy atom. The first-order chi connectivity index (χ1) is 12.2. The number of rotatable bonds is 8. The lowest BCUT2D eigenvalue weighted by Gasteiger charge is -2.04. The van der Waals surface area contributed by atoms with Crippen molar-refractivity contribution in [2.45, 2.75) is 5.75 Å². The molecular weight excluding hydrogens is 342 g/mol. The maximum atomic E-state index is 10.7. The first kappa shape index (κ1) is 17.0. The Morgan fingerprint density at radius 2 is 1.84 bits per heavy atom. The number of nitrogens with zero attached hydrogens (tertiary/aromatic N) is 3.